The van der Waals surface area contributed by atoms with E-state index in [0.717, 1.165) is 0 Å². The molecule has 0 aromatic carbocycles. The molecule has 60 valence electrons. The molecular formula is C3H8O5P2. The molecule has 1 heterocycles. The standard InChI is InChI=1S/C3H8O5P2/c1-2-3-6-9(4)8-10(5)7-3/h3,9-10H,2H2,1H3. The van der Waals surface area contributed by atoms with Gasteiger partial charge in [-0.15, -0.1) is 0 Å². The van der Waals surface area contributed by atoms with E-state index in [1.807, 2.05) is 0 Å². The second kappa shape index (κ2) is 3.65. The minimum atomic E-state index is -2.54. The maximum absolute atomic E-state index is 10.5. The Kier molecular flexibility index (Phi) is 3.08. The molecule has 1 fully saturated rings. The highest BCUT2D eigenvalue weighted by Crippen LogP contribution is 2.47. The van der Waals surface area contributed by atoms with E-state index in [2.05, 4.69) is 13.4 Å². The van der Waals surface area contributed by atoms with Crippen LogP contribution in [0.4, 0.5) is 0 Å². The smallest absolute Gasteiger partial charge is 0.280 e. The Morgan fingerprint density at radius 1 is 1.30 bits per heavy atom. The van der Waals surface area contributed by atoms with Crippen LogP contribution in [0.3, 0.4) is 0 Å². The van der Waals surface area contributed by atoms with Gasteiger partial charge in [0.2, 0.25) is 0 Å². The first kappa shape index (κ1) is 8.44. The van der Waals surface area contributed by atoms with Gasteiger partial charge in [0.15, 0.2) is 6.29 Å². The van der Waals surface area contributed by atoms with E-state index < -0.39 is 22.8 Å². The quantitative estimate of drug-likeness (QED) is 0.581. The average molecular weight is 186 g/mol. The molecule has 1 aliphatic heterocycles. The van der Waals surface area contributed by atoms with E-state index in [0.29, 0.717) is 6.42 Å². The van der Waals surface area contributed by atoms with Crippen molar-refractivity contribution in [2.24, 2.45) is 0 Å². The Hall–Kier alpha value is 0.340. The molecule has 0 amide bonds. The molecule has 0 aromatic heterocycles. The van der Waals surface area contributed by atoms with E-state index in [4.69, 9.17) is 0 Å². The van der Waals surface area contributed by atoms with Crippen molar-refractivity contribution in [3.8, 4) is 0 Å². The molecule has 10 heavy (non-hydrogen) atoms. The summed E-state index contributed by atoms with van der Waals surface area (Å²) in [4.78, 5) is 0. The zero-order valence-electron chi connectivity index (χ0n) is 5.33. The predicted molar refractivity (Wildman–Crippen MR) is 35.3 cm³/mol. The summed E-state index contributed by atoms with van der Waals surface area (Å²) < 4.78 is 34.6. The van der Waals surface area contributed by atoms with E-state index in [1.165, 1.54) is 0 Å². The molecule has 0 spiro atoms. The maximum atomic E-state index is 10.5. The van der Waals surface area contributed by atoms with Crippen LogP contribution in [0, 0.1) is 0 Å². The van der Waals surface area contributed by atoms with Gasteiger partial charge in [-0.3, -0.25) is 18.2 Å². The first-order valence-corrected chi connectivity index (χ1v) is 5.26. The highest BCUT2D eigenvalue weighted by molar-refractivity contribution is 7.48. The first-order chi connectivity index (χ1) is 4.72. The summed E-state index contributed by atoms with van der Waals surface area (Å²) in [6.07, 6.45) is -0.0950. The highest BCUT2D eigenvalue weighted by atomic mass is 31.2. The molecule has 0 radical (unpaired) electrons. The first-order valence-electron chi connectivity index (χ1n) is 2.81. The van der Waals surface area contributed by atoms with Crippen LogP contribution in [0.25, 0.3) is 0 Å². The minimum Gasteiger partial charge on any atom is -0.280 e. The van der Waals surface area contributed by atoms with Crippen molar-refractivity contribution in [1.82, 2.24) is 0 Å². The third-order valence-electron chi connectivity index (χ3n) is 0.955. The van der Waals surface area contributed by atoms with Crippen LogP contribution >= 0.6 is 16.5 Å². The molecule has 1 rings (SSSR count). The van der Waals surface area contributed by atoms with E-state index in [1.54, 1.807) is 6.92 Å². The zero-order chi connectivity index (χ0) is 7.56. The molecular weight excluding hydrogens is 178 g/mol. The lowest BCUT2D eigenvalue weighted by Gasteiger charge is -2.20. The van der Waals surface area contributed by atoms with E-state index >= 15 is 0 Å². The molecule has 2 unspecified atom stereocenters. The van der Waals surface area contributed by atoms with Crippen molar-refractivity contribution in [2.45, 2.75) is 19.6 Å². The number of rotatable bonds is 1. The largest absolute Gasteiger partial charge is 0.328 e. The van der Waals surface area contributed by atoms with Crippen LogP contribution in [-0.2, 0) is 22.5 Å². The lowest BCUT2D eigenvalue weighted by Crippen LogP contribution is -2.11. The third kappa shape index (κ3) is 2.19. The molecule has 0 aliphatic carbocycles. The van der Waals surface area contributed by atoms with Gasteiger partial charge in [0.25, 0.3) is 0 Å². The van der Waals surface area contributed by atoms with E-state index in [9.17, 15) is 9.13 Å². The Labute approximate surface area is 59.6 Å². The van der Waals surface area contributed by atoms with Gasteiger partial charge in [0.05, 0.1) is 0 Å². The van der Waals surface area contributed by atoms with Gasteiger partial charge < -0.3 is 0 Å². The third-order valence-corrected chi connectivity index (χ3v) is 3.20. The molecule has 2 atom stereocenters. The molecule has 1 aliphatic rings. The van der Waals surface area contributed by atoms with Gasteiger partial charge >= 0.3 is 16.5 Å². The summed E-state index contributed by atoms with van der Waals surface area (Å²) >= 11 is 0. The predicted octanol–water partition coefficient (Wildman–Crippen LogP) is 1.57. The van der Waals surface area contributed by atoms with Crippen molar-refractivity contribution in [3.05, 3.63) is 0 Å². The maximum Gasteiger partial charge on any atom is 0.328 e. The van der Waals surface area contributed by atoms with Crippen LogP contribution in [0.15, 0.2) is 0 Å². The van der Waals surface area contributed by atoms with Crippen LogP contribution in [-0.4, -0.2) is 6.29 Å². The SMILES string of the molecule is CCC1O[PH](=O)O[PH](=O)O1. The number of hydrogen-bond donors (Lipinski definition) is 0. The Morgan fingerprint density at radius 2 is 1.80 bits per heavy atom. The summed E-state index contributed by atoms with van der Waals surface area (Å²) in [6, 6.07) is 0. The summed E-state index contributed by atoms with van der Waals surface area (Å²) in [5.41, 5.74) is 0. The fourth-order valence-electron chi connectivity index (χ4n) is 0.522. The van der Waals surface area contributed by atoms with Gasteiger partial charge in [0.1, 0.15) is 0 Å². The Morgan fingerprint density at radius 3 is 2.20 bits per heavy atom. The van der Waals surface area contributed by atoms with Crippen LogP contribution in [0.2, 0.25) is 0 Å². The van der Waals surface area contributed by atoms with Gasteiger partial charge in [-0.25, -0.2) is 4.31 Å². The zero-order valence-corrected chi connectivity index (χ0v) is 7.33. The molecule has 0 aromatic rings. The average Bonchev–Trinajstić information content (AvgIpc) is 1.85. The van der Waals surface area contributed by atoms with Gasteiger partial charge in [-0.2, -0.15) is 0 Å². The molecule has 0 saturated carbocycles. The van der Waals surface area contributed by atoms with Gasteiger partial charge in [-0.1, -0.05) is 6.92 Å². The number of hydrogen-bond acceptors (Lipinski definition) is 5. The van der Waals surface area contributed by atoms with E-state index in [-0.39, 0.29) is 0 Å². The van der Waals surface area contributed by atoms with Crippen LogP contribution in [0.1, 0.15) is 13.3 Å². The van der Waals surface area contributed by atoms with Gasteiger partial charge in [0, 0.05) is 0 Å². The highest BCUT2D eigenvalue weighted by Gasteiger charge is 2.22. The monoisotopic (exact) mass is 186 g/mol. The fraction of sp³-hybridized carbons (Fsp3) is 1.00. The summed E-state index contributed by atoms with van der Waals surface area (Å²) in [6.45, 7) is 1.78. The van der Waals surface area contributed by atoms with Crippen LogP contribution in [0.5, 0.6) is 0 Å². The fourth-order valence-corrected chi connectivity index (χ4v) is 2.41. The normalized spacial score (nSPS) is 41.5. The molecule has 7 heteroatoms. The summed E-state index contributed by atoms with van der Waals surface area (Å²) in [5, 5.41) is 0. The van der Waals surface area contributed by atoms with Crippen LogP contribution < -0.4 is 0 Å². The van der Waals surface area contributed by atoms with Crippen molar-refractivity contribution >= 4 is 16.5 Å². The molecule has 0 bridgehead atoms. The van der Waals surface area contributed by atoms with Crippen molar-refractivity contribution in [3.63, 3.8) is 0 Å². The lowest BCUT2D eigenvalue weighted by molar-refractivity contribution is -0.0171. The molecule has 5 nitrogen and oxygen atoms in total. The summed E-state index contributed by atoms with van der Waals surface area (Å²) in [7, 11) is -5.09. The van der Waals surface area contributed by atoms with Crippen molar-refractivity contribution < 1.29 is 22.5 Å². The lowest BCUT2D eigenvalue weighted by atomic mass is 10.5. The topological polar surface area (TPSA) is 61.8 Å². The molecule has 1 saturated heterocycles. The second-order valence-corrected chi connectivity index (χ2v) is 3.96. The molecule has 0 N–H and O–H groups in total. The Balaban J connectivity index is 2.50. The van der Waals surface area contributed by atoms with Crippen molar-refractivity contribution in [1.29, 1.82) is 0 Å². The van der Waals surface area contributed by atoms with Crippen molar-refractivity contribution in [2.75, 3.05) is 0 Å². The summed E-state index contributed by atoms with van der Waals surface area (Å²) in [5.74, 6) is 0. The second-order valence-electron chi connectivity index (χ2n) is 1.68. The Bertz CT molecular complexity index is 152. The van der Waals surface area contributed by atoms with Gasteiger partial charge in [-0.05, 0) is 6.42 Å². The minimum absolute atomic E-state index is 0.524.